The molecule has 5 heteroatoms. The Kier molecular flexibility index (Phi) is 5.64. The Morgan fingerprint density at radius 3 is 2.46 bits per heavy atom. The van der Waals surface area contributed by atoms with Crippen LogP contribution in [0.15, 0.2) is 71.9 Å². The fourth-order valence-electron chi connectivity index (χ4n) is 3.11. The Labute approximate surface area is 165 Å². The summed E-state index contributed by atoms with van der Waals surface area (Å²) in [4.78, 5) is 17.4. The van der Waals surface area contributed by atoms with E-state index in [2.05, 4.69) is 15.8 Å². The molecule has 0 aliphatic carbocycles. The minimum absolute atomic E-state index is 0.257. The van der Waals surface area contributed by atoms with Crippen LogP contribution in [0.4, 0.5) is 10.5 Å². The van der Waals surface area contributed by atoms with Crippen LogP contribution in [0, 0.1) is 0 Å². The highest BCUT2D eigenvalue weighted by molar-refractivity contribution is 5.98. The normalized spacial score (nSPS) is 11.9. The maximum atomic E-state index is 12.6. The van der Waals surface area contributed by atoms with Gasteiger partial charge in [0.05, 0.1) is 11.3 Å². The number of nitrogens with zero attached hydrogens (tertiary/aromatic N) is 1. The van der Waals surface area contributed by atoms with Crippen LogP contribution >= 0.6 is 0 Å². The molecule has 3 aromatic rings. The monoisotopic (exact) mass is 375 g/mol. The van der Waals surface area contributed by atoms with Gasteiger partial charge in [-0.3, -0.25) is 0 Å². The number of oxime groups is 1. The van der Waals surface area contributed by atoms with Gasteiger partial charge in [-0.15, -0.1) is 0 Å². The quantitative estimate of drug-likeness (QED) is 0.471. The third kappa shape index (κ3) is 4.49. The largest absolute Gasteiger partial charge is 0.399 e. The molecule has 2 N–H and O–H groups in total. The van der Waals surface area contributed by atoms with E-state index in [4.69, 9.17) is 4.84 Å². The van der Waals surface area contributed by atoms with Crippen LogP contribution in [-0.2, 0) is 10.4 Å². The van der Waals surface area contributed by atoms with Crippen molar-refractivity contribution in [3.63, 3.8) is 0 Å². The molecule has 0 radical (unpaired) electrons. The van der Waals surface area contributed by atoms with Gasteiger partial charge in [-0.2, -0.15) is 0 Å². The zero-order valence-corrected chi connectivity index (χ0v) is 16.6. The lowest BCUT2D eigenvalue weighted by Gasteiger charge is -2.27. The van der Waals surface area contributed by atoms with Crippen LogP contribution in [0.3, 0.4) is 0 Å². The first-order valence-corrected chi connectivity index (χ1v) is 9.16. The molecule has 0 aliphatic rings. The number of hydrogen-bond acceptors (Lipinski definition) is 3. The Morgan fingerprint density at radius 1 is 0.964 bits per heavy atom. The number of fused-ring (bicyclic) bond motifs is 1. The van der Waals surface area contributed by atoms with Gasteiger partial charge in [-0.05, 0) is 60.9 Å². The van der Waals surface area contributed by atoms with E-state index >= 15 is 0 Å². The van der Waals surface area contributed by atoms with Crippen LogP contribution in [-0.4, -0.2) is 18.9 Å². The second-order valence-electron chi connectivity index (χ2n) is 7.21. The minimum atomic E-state index is -0.565. The SMILES string of the molecule is CO/N=C(/C)c1cccc(C(C)(C)NC(=O)Nc2ccc3ccccc3c2)c1. The number of nitrogens with one attached hydrogen (secondary N) is 2. The van der Waals surface area contributed by atoms with Gasteiger partial charge in [0.25, 0.3) is 0 Å². The molecule has 0 fully saturated rings. The van der Waals surface area contributed by atoms with Crippen molar-refractivity contribution in [3.8, 4) is 0 Å². The van der Waals surface area contributed by atoms with E-state index in [1.54, 1.807) is 0 Å². The molecule has 144 valence electrons. The highest BCUT2D eigenvalue weighted by atomic mass is 16.6. The molecule has 0 unspecified atom stereocenters. The first kappa shape index (κ1) is 19.4. The number of benzene rings is 3. The van der Waals surface area contributed by atoms with Crippen LogP contribution in [0.25, 0.3) is 10.8 Å². The first-order chi connectivity index (χ1) is 13.4. The lowest BCUT2D eigenvalue weighted by molar-refractivity contribution is 0.213. The summed E-state index contributed by atoms with van der Waals surface area (Å²) in [6.45, 7) is 5.82. The number of amides is 2. The van der Waals surface area contributed by atoms with E-state index in [9.17, 15) is 4.79 Å². The van der Waals surface area contributed by atoms with Gasteiger partial charge in [-0.1, -0.05) is 53.7 Å². The van der Waals surface area contributed by atoms with Crippen LogP contribution in [0.1, 0.15) is 31.9 Å². The molecule has 2 amide bonds. The summed E-state index contributed by atoms with van der Waals surface area (Å²) in [6, 6.07) is 21.6. The fourth-order valence-corrected chi connectivity index (χ4v) is 3.11. The predicted molar refractivity (Wildman–Crippen MR) is 115 cm³/mol. The lowest BCUT2D eigenvalue weighted by atomic mass is 9.92. The van der Waals surface area contributed by atoms with Crippen LogP contribution in [0.5, 0.6) is 0 Å². The number of anilines is 1. The molecule has 0 aromatic heterocycles. The van der Waals surface area contributed by atoms with Crippen molar-refractivity contribution in [2.75, 3.05) is 12.4 Å². The molecule has 0 atom stereocenters. The van der Waals surface area contributed by atoms with E-state index in [0.29, 0.717) is 0 Å². The van der Waals surface area contributed by atoms with Crippen molar-refractivity contribution in [1.29, 1.82) is 0 Å². The summed E-state index contributed by atoms with van der Waals surface area (Å²) in [5, 5.41) is 12.2. The Bertz CT molecular complexity index is 1030. The van der Waals surface area contributed by atoms with Crippen LogP contribution < -0.4 is 10.6 Å². The van der Waals surface area contributed by atoms with E-state index in [1.807, 2.05) is 87.5 Å². The Balaban J connectivity index is 1.74. The van der Waals surface area contributed by atoms with Crippen molar-refractivity contribution >= 4 is 28.2 Å². The van der Waals surface area contributed by atoms with Gasteiger partial charge < -0.3 is 15.5 Å². The zero-order chi connectivity index (χ0) is 20.1. The Hall–Kier alpha value is -3.34. The molecule has 0 aliphatic heterocycles. The molecular weight excluding hydrogens is 350 g/mol. The first-order valence-electron chi connectivity index (χ1n) is 9.16. The van der Waals surface area contributed by atoms with E-state index < -0.39 is 5.54 Å². The third-order valence-electron chi connectivity index (χ3n) is 4.66. The molecule has 0 heterocycles. The van der Waals surface area contributed by atoms with Gasteiger partial charge in [0, 0.05) is 5.69 Å². The maximum Gasteiger partial charge on any atom is 0.319 e. The molecule has 3 aromatic carbocycles. The van der Waals surface area contributed by atoms with Gasteiger partial charge in [0.2, 0.25) is 0 Å². The third-order valence-corrected chi connectivity index (χ3v) is 4.66. The average Bonchev–Trinajstić information content (AvgIpc) is 2.67. The highest BCUT2D eigenvalue weighted by Gasteiger charge is 2.23. The summed E-state index contributed by atoms with van der Waals surface area (Å²) < 4.78 is 0. The molecular formula is C23H25N3O2. The predicted octanol–water partition coefficient (Wildman–Crippen LogP) is 5.27. The zero-order valence-electron chi connectivity index (χ0n) is 16.6. The topological polar surface area (TPSA) is 62.7 Å². The summed E-state index contributed by atoms with van der Waals surface area (Å²) in [7, 11) is 1.52. The van der Waals surface area contributed by atoms with Crippen molar-refractivity contribution in [2.45, 2.75) is 26.3 Å². The van der Waals surface area contributed by atoms with E-state index in [-0.39, 0.29) is 6.03 Å². The second-order valence-corrected chi connectivity index (χ2v) is 7.21. The van der Waals surface area contributed by atoms with Gasteiger partial charge >= 0.3 is 6.03 Å². The van der Waals surface area contributed by atoms with Gasteiger partial charge in [-0.25, -0.2) is 4.79 Å². The molecule has 0 saturated heterocycles. The van der Waals surface area contributed by atoms with Crippen molar-refractivity contribution in [1.82, 2.24) is 5.32 Å². The maximum absolute atomic E-state index is 12.6. The second kappa shape index (κ2) is 8.13. The van der Waals surface area contributed by atoms with Gasteiger partial charge in [0.15, 0.2) is 0 Å². The molecule has 3 rings (SSSR count). The van der Waals surface area contributed by atoms with Crippen molar-refractivity contribution < 1.29 is 9.63 Å². The summed E-state index contributed by atoms with van der Waals surface area (Å²) in [6.07, 6.45) is 0. The summed E-state index contributed by atoms with van der Waals surface area (Å²) >= 11 is 0. The smallest absolute Gasteiger partial charge is 0.319 e. The lowest BCUT2D eigenvalue weighted by Crippen LogP contribution is -2.43. The number of hydrogen-bond donors (Lipinski definition) is 2. The van der Waals surface area contributed by atoms with Gasteiger partial charge in [0.1, 0.15) is 7.11 Å². The summed E-state index contributed by atoms with van der Waals surface area (Å²) in [5.74, 6) is 0. The minimum Gasteiger partial charge on any atom is -0.399 e. The molecule has 5 nitrogen and oxygen atoms in total. The fraction of sp³-hybridized carbons (Fsp3) is 0.217. The molecule has 28 heavy (non-hydrogen) atoms. The van der Waals surface area contributed by atoms with Crippen LogP contribution in [0.2, 0.25) is 0 Å². The van der Waals surface area contributed by atoms with E-state index in [1.165, 1.54) is 7.11 Å². The molecule has 0 saturated carbocycles. The summed E-state index contributed by atoms with van der Waals surface area (Å²) in [5.41, 5.74) is 2.89. The van der Waals surface area contributed by atoms with Crippen molar-refractivity contribution in [3.05, 3.63) is 77.9 Å². The number of carbonyl (C=O) groups excluding carboxylic acids is 1. The van der Waals surface area contributed by atoms with Crippen molar-refractivity contribution in [2.24, 2.45) is 5.16 Å². The molecule has 0 spiro atoms. The Morgan fingerprint density at radius 2 is 1.71 bits per heavy atom. The number of carbonyl (C=O) groups is 1. The van der Waals surface area contributed by atoms with E-state index in [0.717, 1.165) is 33.3 Å². The standard InChI is InChI=1S/C23H25N3O2/c1-16(26-28-4)18-10-7-11-20(14-18)23(2,3)25-22(27)24-21-13-12-17-8-5-6-9-19(17)15-21/h5-15H,1-4H3,(H2,24,25,27)/b26-16-. The number of rotatable bonds is 5. The average molecular weight is 375 g/mol. The molecule has 0 bridgehead atoms. The number of urea groups is 1. The highest BCUT2D eigenvalue weighted by Crippen LogP contribution is 2.23.